The summed E-state index contributed by atoms with van der Waals surface area (Å²) in [6.07, 6.45) is 0. The zero-order chi connectivity index (χ0) is 17.3. The van der Waals surface area contributed by atoms with Crippen LogP contribution in [-0.2, 0) is 0 Å². The van der Waals surface area contributed by atoms with E-state index in [1.165, 1.54) is 15.2 Å². The molecule has 0 radical (unpaired) electrons. The Balaban J connectivity index is 1.80. The van der Waals surface area contributed by atoms with Crippen molar-refractivity contribution in [2.45, 2.75) is 9.79 Å². The second-order valence-electron chi connectivity index (χ2n) is 6.20. The molecule has 5 aromatic rings. The van der Waals surface area contributed by atoms with Gasteiger partial charge >= 0.3 is 0 Å². The summed E-state index contributed by atoms with van der Waals surface area (Å²) in [6.45, 7) is 0. The molecule has 0 atom stereocenters. The Hall–Kier alpha value is -2.97. The van der Waals surface area contributed by atoms with Gasteiger partial charge < -0.3 is 4.42 Å². The number of benzene rings is 4. The molecular formula is C24H16OS. The summed E-state index contributed by atoms with van der Waals surface area (Å²) in [4.78, 5) is 2.38. The van der Waals surface area contributed by atoms with Crippen molar-refractivity contribution in [2.24, 2.45) is 0 Å². The topological polar surface area (TPSA) is 13.1 Å². The zero-order valence-electron chi connectivity index (χ0n) is 14.1. The molecule has 0 aliphatic heterocycles. The molecule has 26 heavy (non-hydrogen) atoms. The maximum Gasteiger partial charge on any atom is 0.149 e. The first-order valence-electron chi connectivity index (χ1n) is 8.63. The van der Waals surface area contributed by atoms with Gasteiger partial charge in [0, 0.05) is 21.2 Å². The Morgan fingerprint density at radius 1 is 0.577 bits per heavy atom. The van der Waals surface area contributed by atoms with Crippen LogP contribution in [0.5, 0.6) is 0 Å². The first-order valence-corrected chi connectivity index (χ1v) is 9.44. The largest absolute Gasteiger partial charge is 0.454 e. The third-order valence-electron chi connectivity index (χ3n) is 4.53. The van der Waals surface area contributed by atoms with E-state index in [9.17, 15) is 0 Å². The van der Waals surface area contributed by atoms with Crippen molar-refractivity contribution in [3.8, 4) is 11.3 Å². The molecule has 0 fully saturated rings. The highest BCUT2D eigenvalue weighted by Gasteiger charge is 2.18. The van der Waals surface area contributed by atoms with Crippen LogP contribution in [0.4, 0.5) is 0 Å². The van der Waals surface area contributed by atoms with Crippen LogP contribution in [0.15, 0.2) is 111 Å². The number of rotatable bonds is 3. The summed E-state index contributed by atoms with van der Waals surface area (Å²) in [5, 5.41) is 3.52. The highest BCUT2D eigenvalue weighted by molar-refractivity contribution is 7.99. The minimum absolute atomic E-state index is 0.936. The molecule has 0 spiro atoms. The summed E-state index contributed by atoms with van der Waals surface area (Å²) in [5.41, 5.74) is 2.06. The number of hydrogen-bond donors (Lipinski definition) is 0. The van der Waals surface area contributed by atoms with Crippen molar-refractivity contribution >= 4 is 33.5 Å². The average Bonchev–Trinajstić information content (AvgIpc) is 3.08. The Labute approximate surface area is 156 Å². The number of hydrogen-bond acceptors (Lipinski definition) is 2. The van der Waals surface area contributed by atoms with Gasteiger partial charge in [0.2, 0.25) is 0 Å². The molecular weight excluding hydrogens is 336 g/mol. The molecule has 0 bridgehead atoms. The van der Waals surface area contributed by atoms with Gasteiger partial charge in [0.1, 0.15) is 11.3 Å². The van der Waals surface area contributed by atoms with Gasteiger partial charge in [0.15, 0.2) is 0 Å². The Bertz CT molecular complexity index is 1190. The predicted octanol–water partition coefficient (Wildman–Crippen LogP) is 7.40. The molecule has 0 aliphatic rings. The van der Waals surface area contributed by atoms with E-state index in [-0.39, 0.29) is 0 Å². The molecule has 4 aromatic carbocycles. The van der Waals surface area contributed by atoms with E-state index in [2.05, 4.69) is 84.9 Å². The fourth-order valence-electron chi connectivity index (χ4n) is 3.29. The lowest BCUT2D eigenvalue weighted by atomic mass is 10.1. The van der Waals surface area contributed by atoms with Gasteiger partial charge in [0.05, 0.1) is 4.90 Å². The molecule has 1 heterocycles. The zero-order valence-corrected chi connectivity index (χ0v) is 14.9. The smallest absolute Gasteiger partial charge is 0.149 e. The molecule has 1 aromatic heterocycles. The lowest BCUT2D eigenvalue weighted by Gasteiger charge is -2.03. The summed E-state index contributed by atoms with van der Waals surface area (Å²) in [7, 11) is 0. The second-order valence-corrected chi connectivity index (χ2v) is 7.29. The van der Waals surface area contributed by atoms with Gasteiger partial charge in [-0.3, -0.25) is 0 Å². The highest BCUT2D eigenvalue weighted by Crippen LogP contribution is 2.45. The van der Waals surface area contributed by atoms with E-state index in [4.69, 9.17) is 4.42 Å². The average molecular weight is 352 g/mol. The van der Waals surface area contributed by atoms with Crippen LogP contribution in [0.25, 0.3) is 33.1 Å². The van der Waals surface area contributed by atoms with Crippen LogP contribution in [0.1, 0.15) is 0 Å². The number of fused-ring (bicyclic) bond motifs is 3. The molecule has 2 heteroatoms. The second kappa shape index (κ2) is 6.40. The Kier molecular flexibility index (Phi) is 3.76. The van der Waals surface area contributed by atoms with Crippen LogP contribution < -0.4 is 0 Å². The quantitative estimate of drug-likeness (QED) is 0.335. The minimum Gasteiger partial charge on any atom is -0.454 e. The van der Waals surface area contributed by atoms with Crippen LogP contribution in [0.3, 0.4) is 0 Å². The first kappa shape index (κ1) is 15.3. The highest BCUT2D eigenvalue weighted by atomic mass is 32.2. The van der Waals surface area contributed by atoms with Gasteiger partial charge in [-0.25, -0.2) is 0 Å². The van der Waals surface area contributed by atoms with Crippen molar-refractivity contribution < 1.29 is 4.42 Å². The van der Waals surface area contributed by atoms with E-state index < -0.39 is 0 Å². The van der Waals surface area contributed by atoms with Crippen molar-refractivity contribution in [3.05, 3.63) is 97.1 Å². The molecule has 0 N–H and O–H groups in total. The predicted molar refractivity (Wildman–Crippen MR) is 110 cm³/mol. The maximum atomic E-state index is 6.45. The standard InChI is InChI=1S/C24H16OS/c1-3-10-18(11-4-1)22-24(26-19-12-5-2-6-13-19)21-16-15-17-9-7-8-14-20(17)23(21)25-22/h1-16H. The third kappa shape index (κ3) is 2.59. The molecule has 0 aliphatic carbocycles. The molecule has 124 valence electrons. The van der Waals surface area contributed by atoms with Gasteiger partial charge in [-0.05, 0) is 23.6 Å². The van der Waals surface area contributed by atoms with Crippen molar-refractivity contribution in [1.82, 2.24) is 0 Å². The normalized spacial score (nSPS) is 11.2. The van der Waals surface area contributed by atoms with E-state index >= 15 is 0 Å². The fraction of sp³-hybridized carbons (Fsp3) is 0. The van der Waals surface area contributed by atoms with Crippen molar-refractivity contribution in [1.29, 1.82) is 0 Å². The molecule has 0 amide bonds. The molecule has 1 nitrogen and oxygen atoms in total. The first-order chi connectivity index (χ1) is 12.9. The number of furan rings is 1. The molecule has 0 unspecified atom stereocenters. The van der Waals surface area contributed by atoms with Gasteiger partial charge in [-0.1, -0.05) is 90.6 Å². The summed E-state index contributed by atoms with van der Waals surface area (Å²) >= 11 is 1.76. The lowest BCUT2D eigenvalue weighted by Crippen LogP contribution is -1.78. The van der Waals surface area contributed by atoms with E-state index in [1.807, 2.05) is 12.1 Å². The van der Waals surface area contributed by atoms with Crippen LogP contribution in [0.2, 0.25) is 0 Å². The van der Waals surface area contributed by atoms with Crippen LogP contribution in [-0.4, -0.2) is 0 Å². The van der Waals surface area contributed by atoms with E-state index in [0.717, 1.165) is 27.7 Å². The SMILES string of the molecule is c1ccc(Sc2c(-c3ccccc3)oc3c2ccc2ccccc23)cc1. The minimum atomic E-state index is 0.936. The summed E-state index contributed by atoms with van der Waals surface area (Å²) in [6, 6.07) is 33.6. The molecule has 5 rings (SSSR count). The van der Waals surface area contributed by atoms with E-state index in [1.54, 1.807) is 11.8 Å². The Morgan fingerprint density at radius 3 is 2.08 bits per heavy atom. The summed E-state index contributed by atoms with van der Waals surface area (Å²) in [5.74, 6) is 0.936. The van der Waals surface area contributed by atoms with Crippen LogP contribution in [0, 0.1) is 0 Å². The molecule has 0 saturated heterocycles. The third-order valence-corrected chi connectivity index (χ3v) is 5.65. The lowest BCUT2D eigenvalue weighted by molar-refractivity contribution is 0.628. The fourth-order valence-corrected chi connectivity index (χ4v) is 4.34. The van der Waals surface area contributed by atoms with Crippen LogP contribution >= 0.6 is 11.8 Å². The Morgan fingerprint density at radius 2 is 1.27 bits per heavy atom. The molecule has 0 saturated carbocycles. The van der Waals surface area contributed by atoms with Crippen molar-refractivity contribution in [3.63, 3.8) is 0 Å². The van der Waals surface area contributed by atoms with Gasteiger partial charge in [0.25, 0.3) is 0 Å². The van der Waals surface area contributed by atoms with E-state index in [0.29, 0.717) is 0 Å². The summed E-state index contributed by atoms with van der Waals surface area (Å²) < 4.78 is 6.45. The monoisotopic (exact) mass is 352 g/mol. The van der Waals surface area contributed by atoms with Gasteiger partial charge in [-0.15, -0.1) is 0 Å². The van der Waals surface area contributed by atoms with Gasteiger partial charge in [-0.2, -0.15) is 0 Å². The maximum absolute atomic E-state index is 6.45. The van der Waals surface area contributed by atoms with Crippen molar-refractivity contribution in [2.75, 3.05) is 0 Å².